The molecule has 0 aliphatic carbocycles. The maximum Gasteiger partial charge on any atom is 0.254 e. The molecule has 0 radical (unpaired) electrons. The van der Waals surface area contributed by atoms with Crippen LogP contribution in [0.15, 0.2) is 24.3 Å². The molecule has 1 atom stereocenters. The lowest BCUT2D eigenvalue weighted by molar-refractivity contribution is -0.130. The summed E-state index contributed by atoms with van der Waals surface area (Å²) >= 11 is 0. The third-order valence-electron chi connectivity index (χ3n) is 4.50. The van der Waals surface area contributed by atoms with Crippen molar-refractivity contribution < 1.29 is 14.0 Å². The van der Waals surface area contributed by atoms with Crippen molar-refractivity contribution >= 4 is 11.8 Å². The van der Waals surface area contributed by atoms with Crippen molar-refractivity contribution in [1.29, 1.82) is 0 Å². The van der Waals surface area contributed by atoms with Crippen LogP contribution in [0.1, 0.15) is 49.9 Å². The number of rotatable bonds is 6. The molecule has 23 heavy (non-hydrogen) atoms. The van der Waals surface area contributed by atoms with Gasteiger partial charge in [0.05, 0.1) is 0 Å². The summed E-state index contributed by atoms with van der Waals surface area (Å²) in [6.07, 6.45) is 3.28. The Morgan fingerprint density at radius 3 is 2.39 bits per heavy atom. The molecule has 0 saturated carbocycles. The fraction of sp³-hybridized carbons (Fsp3) is 0.556. The Morgan fingerprint density at radius 1 is 1.22 bits per heavy atom. The fourth-order valence-electron chi connectivity index (χ4n) is 2.84. The second-order valence-electron chi connectivity index (χ2n) is 6.10. The van der Waals surface area contributed by atoms with Gasteiger partial charge in [0.25, 0.3) is 5.91 Å². The first-order valence-electron chi connectivity index (χ1n) is 8.37. The number of likely N-dealkylation sites (tertiary alicyclic amines) is 1. The van der Waals surface area contributed by atoms with Gasteiger partial charge in [0.15, 0.2) is 0 Å². The molecule has 1 aliphatic rings. The summed E-state index contributed by atoms with van der Waals surface area (Å²) in [4.78, 5) is 28.5. The number of hydrogen-bond donors (Lipinski definition) is 0. The van der Waals surface area contributed by atoms with E-state index in [1.54, 1.807) is 4.90 Å². The Hall–Kier alpha value is -1.91. The highest BCUT2D eigenvalue weighted by Gasteiger charge is 2.23. The van der Waals surface area contributed by atoms with Crippen LogP contribution in [0, 0.1) is 5.82 Å². The Bertz CT molecular complexity index is 538. The number of amides is 2. The third-order valence-corrected chi connectivity index (χ3v) is 4.50. The molecule has 1 aliphatic heterocycles. The molecule has 4 nitrogen and oxygen atoms in total. The van der Waals surface area contributed by atoms with E-state index in [1.807, 2.05) is 18.7 Å². The van der Waals surface area contributed by atoms with Crippen molar-refractivity contribution in [2.45, 2.75) is 45.6 Å². The summed E-state index contributed by atoms with van der Waals surface area (Å²) < 4.78 is 13.0. The third kappa shape index (κ3) is 4.53. The van der Waals surface area contributed by atoms with Crippen molar-refractivity contribution in [3.05, 3.63) is 35.6 Å². The molecule has 1 unspecified atom stereocenters. The molecule has 5 heteroatoms. The topological polar surface area (TPSA) is 40.6 Å². The van der Waals surface area contributed by atoms with E-state index in [-0.39, 0.29) is 23.7 Å². The molecule has 2 rings (SSSR count). The average Bonchev–Trinajstić information content (AvgIpc) is 3.09. The first-order valence-corrected chi connectivity index (χ1v) is 8.37. The van der Waals surface area contributed by atoms with Crippen LogP contribution in [0.25, 0.3) is 0 Å². The summed E-state index contributed by atoms with van der Waals surface area (Å²) in [6.45, 7) is 6.04. The molecule has 1 aromatic carbocycles. The van der Waals surface area contributed by atoms with E-state index in [1.165, 1.54) is 24.3 Å². The first-order chi connectivity index (χ1) is 11.0. The van der Waals surface area contributed by atoms with E-state index in [9.17, 15) is 14.0 Å². The summed E-state index contributed by atoms with van der Waals surface area (Å²) in [5, 5.41) is 0. The SMILES string of the molecule is CCC(C)N(CCC(=O)N1CCCC1)C(=O)c1ccc(F)cc1. The minimum atomic E-state index is -0.360. The quantitative estimate of drug-likeness (QED) is 0.808. The highest BCUT2D eigenvalue weighted by atomic mass is 19.1. The molecular formula is C18H25FN2O2. The zero-order chi connectivity index (χ0) is 16.8. The maximum atomic E-state index is 13.0. The van der Waals surface area contributed by atoms with Gasteiger partial charge in [0, 0.05) is 37.7 Å². The Kier molecular flexibility index (Phi) is 6.13. The highest BCUT2D eigenvalue weighted by Crippen LogP contribution is 2.14. The molecular weight excluding hydrogens is 295 g/mol. The lowest BCUT2D eigenvalue weighted by Gasteiger charge is -2.29. The second-order valence-corrected chi connectivity index (χ2v) is 6.10. The van der Waals surface area contributed by atoms with Crippen LogP contribution >= 0.6 is 0 Å². The average molecular weight is 320 g/mol. The lowest BCUT2D eigenvalue weighted by atomic mass is 10.1. The summed E-state index contributed by atoms with van der Waals surface area (Å²) in [6, 6.07) is 5.61. The minimum absolute atomic E-state index is 0.0407. The predicted molar refractivity (Wildman–Crippen MR) is 87.6 cm³/mol. The standard InChI is InChI=1S/C18H25FN2O2/c1-3-14(2)21(13-10-17(22)20-11-4-5-12-20)18(23)15-6-8-16(19)9-7-15/h6-9,14H,3-5,10-13H2,1-2H3. The Balaban J connectivity index is 2.02. The molecule has 1 fully saturated rings. The summed E-state index contributed by atoms with van der Waals surface area (Å²) in [5.74, 6) is -0.392. The van der Waals surface area contributed by atoms with E-state index < -0.39 is 0 Å². The van der Waals surface area contributed by atoms with Crippen molar-refractivity contribution in [3.8, 4) is 0 Å². The Morgan fingerprint density at radius 2 is 1.83 bits per heavy atom. The van der Waals surface area contributed by atoms with E-state index in [0.29, 0.717) is 18.5 Å². The maximum absolute atomic E-state index is 13.0. The van der Waals surface area contributed by atoms with Crippen molar-refractivity contribution in [1.82, 2.24) is 9.80 Å². The highest BCUT2D eigenvalue weighted by molar-refractivity contribution is 5.94. The molecule has 2 amide bonds. The van der Waals surface area contributed by atoms with Crippen LogP contribution in [0.3, 0.4) is 0 Å². The van der Waals surface area contributed by atoms with Crippen LogP contribution in [0.5, 0.6) is 0 Å². The van der Waals surface area contributed by atoms with E-state index >= 15 is 0 Å². The number of benzene rings is 1. The number of nitrogens with zero attached hydrogens (tertiary/aromatic N) is 2. The van der Waals surface area contributed by atoms with Crippen molar-refractivity contribution in [2.75, 3.05) is 19.6 Å². The van der Waals surface area contributed by atoms with Crippen LogP contribution in [0.2, 0.25) is 0 Å². The van der Waals surface area contributed by atoms with Gasteiger partial charge >= 0.3 is 0 Å². The number of hydrogen-bond acceptors (Lipinski definition) is 2. The van der Waals surface area contributed by atoms with E-state index in [4.69, 9.17) is 0 Å². The van der Waals surface area contributed by atoms with Gasteiger partial charge in [-0.05, 0) is 50.5 Å². The van der Waals surface area contributed by atoms with Crippen LogP contribution in [-0.4, -0.2) is 47.3 Å². The van der Waals surface area contributed by atoms with Gasteiger partial charge in [0.1, 0.15) is 5.82 Å². The first kappa shape index (κ1) is 17.4. The smallest absolute Gasteiger partial charge is 0.254 e. The monoisotopic (exact) mass is 320 g/mol. The molecule has 0 spiro atoms. The van der Waals surface area contributed by atoms with Gasteiger partial charge in [-0.1, -0.05) is 6.92 Å². The number of carbonyl (C=O) groups excluding carboxylic acids is 2. The largest absolute Gasteiger partial charge is 0.343 e. The summed E-state index contributed by atoms with van der Waals surface area (Å²) in [7, 11) is 0. The molecule has 1 aromatic rings. The fourth-order valence-corrected chi connectivity index (χ4v) is 2.84. The van der Waals surface area contributed by atoms with Crippen LogP contribution in [0.4, 0.5) is 4.39 Å². The van der Waals surface area contributed by atoms with E-state index in [2.05, 4.69) is 0 Å². The van der Waals surface area contributed by atoms with Crippen molar-refractivity contribution in [3.63, 3.8) is 0 Å². The van der Waals surface area contributed by atoms with Gasteiger partial charge < -0.3 is 9.80 Å². The predicted octanol–water partition coefficient (Wildman–Crippen LogP) is 3.08. The Labute approximate surface area is 137 Å². The summed E-state index contributed by atoms with van der Waals surface area (Å²) in [5.41, 5.74) is 0.459. The normalized spacial score (nSPS) is 15.5. The molecule has 0 N–H and O–H groups in total. The second kappa shape index (κ2) is 8.09. The van der Waals surface area contributed by atoms with Gasteiger partial charge in [-0.25, -0.2) is 4.39 Å². The molecule has 0 bridgehead atoms. The minimum Gasteiger partial charge on any atom is -0.343 e. The van der Waals surface area contributed by atoms with Crippen molar-refractivity contribution in [2.24, 2.45) is 0 Å². The van der Waals surface area contributed by atoms with Gasteiger partial charge in [-0.2, -0.15) is 0 Å². The van der Waals surface area contributed by atoms with Crippen LogP contribution < -0.4 is 0 Å². The molecule has 1 saturated heterocycles. The van der Waals surface area contributed by atoms with Crippen LogP contribution in [-0.2, 0) is 4.79 Å². The van der Waals surface area contributed by atoms with Gasteiger partial charge in [-0.3, -0.25) is 9.59 Å². The molecule has 0 aromatic heterocycles. The molecule has 126 valence electrons. The molecule has 1 heterocycles. The number of halogens is 1. The lowest BCUT2D eigenvalue weighted by Crippen LogP contribution is -2.41. The zero-order valence-corrected chi connectivity index (χ0v) is 13.9. The zero-order valence-electron chi connectivity index (χ0n) is 13.9. The van der Waals surface area contributed by atoms with Gasteiger partial charge in [-0.15, -0.1) is 0 Å². The van der Waals surface area contributed by atoms with Gasteiger partial charge in [0.2, 0.25) is 5.91 Å². The number of carbonyl (C=O) groups is 2. The van der Waals surface area contributed by atoms with E-state index in [0.717, 1.165) is 32.4 Å².